The van der Waals surface area contributed by atoms with Gasteiger partial charge in [-0.25, -0.2) is 4.98 Å². The number of likely N-dealkylation sites (tertiary alicyclic amines) is 1. The minimum atomic E-state index is 0.0870. The van der Waals surface area contributed by atoms with Crippen LogP contribution in [0.2, 0.25) is 0 Å². The molecule has 1 atom stereocenters. The number of benzene rings is 2. The SMILES string of the molecule is CN(C)Cc1ccc(C2CCCN2C(=O)c2ccc(-c3cnco3)cc2)cc1. The molecule has 0 saturated carbocycles. The summed E-state index contributed by atoms with van der Waals surface area (Å²) in [4.78, 5) is 21.2. The van der Waals surface area contributed by atoms with Crippen LogP contribution in [-0.4, -0.2) is 41.3 Å². The lowest BCUT2D eigenvalue weighted by Gasteiger charge is -2.25. The second kappa shape index (κ2) is 7.98. The minimum Gasteiger partial charge on any atom is -0.444 e. The molecule has 28 heavy (non-hydrogen) atoms. The number of amides is 1. The Hall–Kier alpha value is -2.92. The van der Waals surface area contributed by atoms with Crippen molar-refractivity contribution in [3.05, 3.63) is 77.8 Å². The van der Waals surface area contributed by atoms with Gasteiger partial charge in [0.15, 0.2) is 12.2 Å². The summed E-state index contributed by atoms with van der Waals surface area (Å²) in [5, 5.41) is 0. The van der Waals surface area contributed by atoms with Gasteiger partial charge in [-0.05, 0) is 50.2 Å². The van der Waals surface area contributed by atoms with E-state index in [1.807, 2.05) is 29.2 Å². The molecule has 1 saturated heterocycles. The van der Waals surface area contributed by atoms with Crippen LogP contribution in [0.15, 0.2) is 65.5 Å². The molecule has 1 fully saturated rings. The molecule has 4 rings (SSSR count). The average molecular weight is 375 g/mol. The first-order valence-electron chi connectivity index (χ1n) is 9.65. The van der Waals surface area contributed by atoms with E-state index in [1.165, 1.54) is 17.5 Å². The van der Waals surface area contributed by atoms with Crippen molar-refractivity contribution in [2.45, 2.75) is 25.4 Å². The maximum atomic E-state index is 13.1. The van der Waals surface area contributed by atoms with Crippen LogP contribution in [0, 0.1) is 0 Å². The first-order valence-corrected chi connectivity index (χ1v) is 9.65. The van der Waals surface area contributed by atoms with Crippen LogP contribution in [-0.2, 0) is 6.54 Å². The lowest BCUT2D eigenvalue weighted by atomic mass is 10.0. The second-order valence-electron chi connectivity index (χ2n) is 7.58. The monoisotopic (exact) mass is 375 g/mol. The summed E-state index contributed by atoms with van der Waals surface area (Å²) in [6.07, 6.45) is 5.13. The highest BCUT2D eigenvalue weighted by molar-refractivity contribution is 5.95. The van der Waals surface area contributed by atoms with E-state index < -0.39 is 0 Å². The highest BCUT2D eigenvalue weighted by Crippen LogP contribution is 2.33. The zero-order valence-electron chi connectivity index (χ0n) is 16.3. The second-order valence-corrected chi connectivity index (χ2v) is 7.58. The standard InChI is InChI=1S/C23H25N3O2/c1-25(2)15-17-5-7-18(8-6-17)21-4-3-13-26(21)23(27)20-11-9-19(10-12-20)22-14-24-16-28-22/h5-12,14,16,21H,3-4,13,15H2,1-2H3. The Bertz CT molecular complexity index is 915. The zero-order valence-corrected chi connectivity index (χ0v) is 16.3. The third kappa shape index (κ3) is 3.85. The Balaban J connectivity index is 1.50. The third-order valence-corrected chi connectivity index (χ3v) is 5.23. The van der Waals surface area contributed by atoms with Crippen LogP contribution in [0.3, 0.4) is 0 Å². The molecule has 5 heteroatoms. The Morgan fingerprint density at radius 3 is 2.54 bits per heavy atom. The van der Waals surface area contributed by atoms with Crippen molar-refractivity contribution in [1.29, 1.82) is 0 Å². The first-order chi connectivity index (χ1) is 13.6. The van der Waals surface area contributed by atoms with Crippen LogP contribution in [0.1, 0.15) is 40.4 Å². The van der Waals surface area contributed by atoms with Gasteiger partial charge in [-0.15, -0.1) is 0 Å². The molecule has 0 spiro atoms. The van der Waals surface area contributed by atoms with Crippen LogP contribution in [0.5, 0.6) is 0 Å². The molecule has 5 nitrogen and oxygen atoms in total. The fourth-order valence-corrected chi connectivity index (χ4v) is 3.87. The van der Waals surface area contributed by atoms with Crippen LogP contribution in [0.25, 0.3) is 11.3 Å². The van der Waals surface area contributed by atoms with E-state index in [4.69, 9.17) is 4.42 Å². The number of carbonyl (C=O) groups excluding carboxylic acids is 1. The lowest BCUT2D eigenvalue weighted by molar-refractivity contribution is 0.0735. The van der Waals surface area contributed by atoms with Crippen molar-refractivity contribution in [2.24, 2.45) is 0 Å². The summed E-state index contributed by atoms with van der Waals surface area (Å²) in [5.41, 5.74) is 4.13. The van der Waals surface area contributed by atoms with Crippen molar-refractivity contribution in [3.8, 4) is 11.3 Å². The van der Waals surface area contributed by atoms with Gasteiger partial charge in [0, 0.05) is 24.2 Å². The van der Waals surface area contributed by atoms with Crippen molar-refractivity contribution in [1.82, 2.24) is 14.8 Å². The van der Waals surface area contributed by atoms with Gasteiger partial charge in [0.05, 0.1) is 12.2 Å². The number of aromatic nitrogens is 1. The third-order valence-electron chi connectivity index (χ3n) is 5.23. The van der Waals surface area contributed by atoms with E-state index in [2.05, 4.69) is 48.2 Å². The smallest absolute Gasteiger partial charge is 0.254 e. The molecule has 1 amide bonds. The normalized spacial score (nSPS) is 16.7. The topological polar surface area (TPSA) is 49.6 Å². The summed E-state index contributed by atoms with van der Waals surface area (Å²) in [6.45, 7) is 1.72. The van der Waals surface area contributed by atoms with E-state index in [-0.39, 0.29) is 11.9 Å². The molecule has 2 aromatic carbocycles. The Labute approximate surface area is 165 Å². The quantitative estimate of drug-likeness (QED) is 0.664. The predicted octanol–water partition coefficient (Wildman–Crippen LogP) is 4.38. The van der Waals surface area contributed by atoms with E-state index in [0.29, 0.717) is 11.3 Å². The summed E-state index contributed by atoms with van der Waals surface area (Å²) >= 11 is 0. The molecule has 3 aromatic rings. The van der Waals surface area contributed by atoms with Crippen LogP contribution in [0.4, 0.5) is 0 Å². The maximum absolute atomic E-state index is 13.1. The van der Waals surface area contributed by atoms with E-state index >= 15 is 0 Å². The largest absolute Gasteiger partial charge is 0.444 e. The Morgan fingerprint density at radius 1 is 1.14 bits per heavy atom. The van der Waals surface area contributed by atoms with Gasteiger partial charge >= 0.3 is 0 Å². The Morgan fingerprint density at radius 2 is 1.89 bits per heavy atom. The molecule has 0 bridgehead atoms. The molecule has 1 unspecified atom stereocenters. The molecule has 2 heterocycles. The van der Waals surface area contributed by atoms with Crippen LogP contribution >= 0.6 is 0 Å². The Kier molecular flexibility index (Phi) is 5.26. The summed E-state index contributed by atoms with van der Waals surface area (Å²) < 4.78 is 5.32. The molecule has 0 radical (unpaired) electrons. The molecule has 0 N–H and O–H groups in total. The van der Waals surface area contributed by atoms with Gasteiger partial charge in [-0.3, -0.25) is 4.79 Å². The minimum absolute atomic E-state index is 0.0870. The fraction of sp³-hybridized carbons (Fsp3) is 0.304. The van der Waals surface area contributed by atoms with E-state index in [0.717, 1.165) is 31.5 Å². The number of oxazole rings is 1. The highest BCUT2D eigenvalue weighted by atomic mass is 16.3. The molecule has 144 valence electrons. The lowest BCUT2D eigenvalue weighted by Crippen LogP contribution is -2.30. The van der Waals surface area contributed by atoms with Crippen molar-refractivity contribution < 1.29 is 9.21 Å². The summed E-state index contributed by atoms with van der Waals surface area (Å²) in [7, 11) is 4.14. The van der Waals surface area contributed by atoms with Crippen LogP contribution < -0.4 is 0 Å². The van der Waals surface area contributed by atoms with Gasteiger partial charge in [-0.1, -0.05) is 36.4 Å². The van der Waals surface area contributed by atoms with Gasteiger partial charge in [0.2, 0.25) is 0 Å². The first kappa shape index (κ1) is 18.4. The predicted molar refractivity (Wildman–Crippen MR) is 109 cm³/mol. The zero-order chi connectivity index (χ0) is 19.5. The number of rotatable bonds is 5. The molecule has 1 aromatic heterocycles. The van der Waals surface area contributed by atoms with Crippen molar-refractivity contribution in [3.63, 3.8) is 0 Å². The van der Waals surface area contributed by atoms with Crippen molar-refractivity contribution in [2.75, 3.05) is 20.6 Å². The molecule has 1 aliphatic rings. The molecular weight excluding hydrogens is 350 g/mol. The number of nitrogens with zero attached hydrogens (tertiary/aromatic N) is 3. The molecule has 0 aliphatic carbocycles. The summed E-state index contributed by atoms with van der Waals surface area (Å²) in [5.74, 6) is 0.792. The molecule has 1 aliphatic heterocycles. The summed E-state index contributed by atoms with van der Waals surface area (Å²) in [6, 6.07) is 16.4. The fourth-order valence-electron chi connectivity index (χ4n) is 3.87. The highest BCUT2D eigenvalue weighted by Gasteiger charge is 2.30. The number of hydrogen-bond acceptors (Lipinski definition) is 4. The van der Waals surface area contributed by atoms with Gasteiger partial charge in [0.1, 0.15) is 0 Å². The van der Waals surface area contributed by atoms with E-state index in [9.17, 15) is 4.79 Å². The van der Waals surface area contributed by atoms with Gasteiger partial charge in [-0.2, -0.15) is 0 Å². The molecular formula is C23H25N3O2. The average Bonchev–Trinajstić information content (AvgIpc) is 3.40. The van der Waals surface area contributed by atoms with E-state index in [1.54, 1.807) is 6.20 Å². The van der Waals surface area contributed by atoms with Gasteiger partial charge < -0.3 is 14.2 Å². The number of hydrogen-bond donors (Lipinski definition) is 0. The van der Waals surface area contributed by atoms with Crippen molar-refractivity contribution >= 4 is 5.91 Å². The number of carbonyl (C=O) groups is 1. The van der Waals surface area contributed by atoms with Gasteiger partial charge in [0.25, 0.3) is 5.91 Å². The maximum Gasteiger partial charge on any atom is 0.254 e.